The van der Waals surface area contributed by atoms with Crippen LogP contribution in [-0.2, 0) is 14.3 Å². The Hall–Kier alpha value is -4.13. The monoisotopic (exact) mass is 446 g/mol. The average Bonchev–Trinajstić information content (AvgIpc) is 2.79. The van der Waals surface area contributed by atoms with Crippen molar-refractivity contribution in [2.24, 2.45) is 5.16 Å². The van der Waals surface area contributed by atoms with Gasteiger partial charge < -0.3 is 14.7 Å². The lowest BCUT2D eigenvalue weighted by molar-refractivity contribution is -0.139. The number of benzene rings is 3. The second kappa shape index (κ2) is 10.5. The number of anilines is 1. The van der Waals surface area contributed by atoms with Crippen LogP contribution in [0.4, 0.5) is 10.5 Å². The summed E-state index contributed by atoms with van der Waals surface area (Å²) in [5, 5.41) is 15.3. The van der Waals surface area contributed by atoms with Gasteiger partial charge in [0.15, 0.2) is 11.8 Å². The summed E-state index contributed by atoms with van der Waals surface area (Å²) < 4.78 is 11.0. The first-order valence-electron chi connectivity index (χ1n) is 10.4. The molecule has 0 aliphatic carbocycles. The number of hydrogen-bond acceptors (Lipinski definition) is 6. The minimum absolute atomic E-state index is 0.254. The van der Waals surface area contributed by atoms with Crippen LogP contribution < -0.4 is 5.32 Å². The SMILES string of the molecule is CC(C)(C)OC(=O)Nc1ccc(C(=NO)C(=O)OC(c2ccccc2)c2ccccc2)cc1. The number of rotatable bonds is 6. The molecule has 7 nitrogen and oxygen atoms in total. The number of carbonyl (C=O) groups is 2. The molecule has 170 valence electrons. The molecule has 1 amide bonds. The summed E-state index contributed by atoms with van der Waals surface area (Å²) in [6, 6.07) is 24.9. The summed E-state index contributed by atoms with van der Waals surface area (Å²) in [6.45, 7) is 5.30. The number of hydrogen-bond donors (Lipinski definition) is 2. The quantitative estimate of drug-likeness (QED) is 0.224. The second-order valence-electron chi connectivity index (χ2n) is 8.26. The van der Waals surface area contributed by atoms with Crippen LogP contribution in [0.25, 0.3) is 0 Å². The fraction of sp³-hybridized carbons (Fsp3) is 0.192. The molecule has 0 saturated carbocycles. The van der Waals surface area contributed by atoms with Crippen LogP contribution in [0.5, 0.6) is 0 Å². The maximum atomic E-state index is 12.9. The van der Waals surface area contributed by atoms with Crippen molar-refractivity contribution >= 4 is 23.5 Å². The van der Waals surface area contributed by atoms with Crippen molar-refractivity contribution in [1.29, 1.82) is 0 Å². The summed E-state index contributed by atoms with van der Waals surface area (Å²) >= 11 is 0. The highest BCUT2D eigenvalue weighted by Crippen LogP contribution is 2.26. The topological polar surface area (TPSA) is 97.2 Å². The Morgan fingerprint density at radius 3 is 1.82 bits per heavy atom. The van der Waals surface area contributed by atoms with Crippen LogP contribution in [0.1, 0.15) is 43.6 Å². The molecule has 7 heteroatoms. The van der Waals surface area contributed by atoms with Crippen LogP contribution in [0, 0.1) is 0 Å². The Balaban J connectivity index is 1.77. The van der Waals surface area contributed by atoms with Gasteiger partial charge >= 0.3 is 12.1 Å². The van der Waals surface area contributed by atoms with Gasteiger partial charge in [-0.2, -0.15) is 0 Å². The van der Waals surface area contributed by atoms with Gasteiger partial charge in [-0.3, -0.25) is 5.32 Å². The Morgan fingerprint density at radius 1 is 0.848 bits per heavy atom. The van der Waals surface area contributed by atoms with Gasteiger partial charge in [-0.1, -0.05) is 78.0 Å². The summed E-state index contributed by atoms with van der Waals surface area (Å²) in [6.07, 6.45) is -1.27. The van der Waals surface area contributed by atoms with Gasteiger partial charge in [0.25, 0.3) is 0 Å². The number of carbonyl (C=O) groups excluding carboxylic acids is 2. The van der Waals surface area contributed by atoms with E-state index in [4.69, 9.17) is 9.47 Å². The fourth-order valence-corrected chi connectivity index (χ4v) is 3.10. The molecule has 0 bridgehead atoms. The highest BCUT2D eigenvalue weighted by atomic mass is 16.6. The minimum atomic E-state index is -0.789. The standard InChI is InChI=1S/C26H26N2O5/c1-26(2,3)33-25(30)27-21-16-14-18(15-17-21)22(28-31)24(29)32-23(19-10-6-4-7-11-19)20-12-8-5-9-13-20/h4-17,23,31H,1-3H3,(H,27,30). The van der Waals surface area contributed by atoms with E-state index in [2.05, 4.69) is 10.5 Å². The van der Waals surface area contributed by atoms with E-state index in [0.717, 1.165) is 11.1 Å². The van der Waals surface area contributed by atoms with Crippen LogP contribution >= 0.6 is 0 Å². The van der Waals surface area contributed by atoms with Gasteiger partial charge in [-0.05, 0) is 44.0 Å². The molecule has 0 atom stereocenters. The smallest absolute Gasteiger partial charge is 0.412 e. The van der Waals surface area contributed by atoms with E-state index < -0.39 is 23.8 Å². The third-order valence-electron chi connectivity index (χ3n) is 4.53. The Morgan fingerprint density at radius 2 is 1.36 bits per heavy atom. The maximum absolute atomic E-state index is 12.9. The molecular formula is C26H26N2O5. The third kappa shape index (κ3) is 6.67. The van der Waals surface area contributed by atoms with Gasteiger partial charge in [0.05, 0.1) is 0 Å². The Bertz CT molecular complexity index is 1070. The molecule has 0 aliphatic heterocycles. The third-order valence-corrected chi connectivity index (χ3v) is 4.53. The van der Waals surface area contributed by atoms with Gasteiger partial charge in [0.1, 0.15) is 5.60 Å². The Labute approximate surface area is 192 Å². The molecule has 0 radical (unpaired) electrons. The predicted molar refractivity (Wildman–Crippen MR) is 125 cm³/mol. The van der Waals surface area contributed by atoms with Crippen molar-refractivity contribution < 1.29 is 24.3 Å². The molecule has 3 rings (SSSR count). The van der Waals surface area contributed by atoms with Crippen LogP contribution in [0.15, 0.2) is 90.1 Å². The highest BCUT2D eigenvalue weighted by Gasteiger charge is 2.24. The summed E-state index contributed by atoms with van der Waals surface area (Å²) in [7, 11) is 0. The molecule has 0 unspecified atom stereocenters. The summed E-state index contributed by atoms with van der Waals surface area (Å²) in [5.74, 6) is -0.789. The molecule has 0 heterocycles. The largest absolute Gasteiger partial charge is 0.448 e. The fourth-order valence-electron chi connectivity index (χ4n) is 3.10. The summed E-state index contributed by atoms with van der Waals surface area (Å²) in [4.78, 5) is 24.9. The number of ether oxygens (including phenoxy) is 2. The van der Waals surface area contributed by atoms with Crippen molar-refractivity contribution in [2.75, 3.05) is 5.32 Å². The van der Waals surface area contributed by atoms with E-state index in [-0.39, 0.29) is 5.71 Å². The van der Waals surface area contributed by atoms with E-state index in [1.165, 1.54) is 0 Å². The van der Waals surface area contributed by atoms with Gasteiger partial charge in [0, 0.05) is 11.3 Å². The lowest BCUT2D eigenvalue weighted by atomic mass is 10.0. The first-order valence-corrected chi connectivity index (χ1v) is 10.4. The zero-order valence-corrected chi connectivity index (χ0v) is 18.7. The van der Waals surface area contributed by atoms with Crippen molar-refractivity contribution in [3.63, 3.8) is 0 Å². The van der Waals surface area contributed by atoms with Gasteiger partial charge in [-0.15, -0.1) is 0 Å². The number of nitrogens with zero attached hydrogens (tertiary/aromatic N) is 1. The highest BCUT2D eigenvalue weighted by molar-refractivity contribution is 6.43. The first kappa shape index (κ1) is 23.5. The minimum Gasteiger partial charge on any atom is -0.448 e. The molecule has 0 fully saturated rings. The zero-order chi connectivity index (χ0) is 23.8. The molecule has 3 aromatic carbocycles. The molecule has 33 heavy (non-hydrogen) atoms. The molecule has 0 aliphatic rings. The zero-order valence-electron chi connectivity index (χ0n) is 18.7. The number of esters is 1. The van der Waals surface area contributed by atoms with Crippen LogP contribution in [0.2, 0.25) is 0 Å². The van der Waals surface area contributed by atoms with E-state index in [1.807, 2.05) is 60.7 Å². The van der Waals surface area contributed by atoms with E-state index in [9.17, 15) is 14.8 Å². The van der Waals surface area contributed by atoms with Crippen LogP contribution in [0.3, 0.4) is 0 Å². The molecule has 0 spiro atoms. The maximum Gasteiger partial charge on any atom is 0.412 e. The molecular weight excluding hydrogens is 420 g/mol. The van der Waals surface area contributed by atoms with Crippen molar-refractivity contribution in [2.45, 2.75) is 32.5 Å². The second-order valence-corrected chi connectivity index (χ2v) is 8.26. The molecule has 0 saturated heterocycles. The summed E-state index contributed by atoms with van der Waals surface area (Å²) in [5.41, 5.74) is 1.48. The lowest BCUT2D eigenvalue weighted by Gasteiger charge is -2.20. The first-order chi connectivity index (χ1) is 15.8. The number of amides is 1. The normalized spacial score (nSPS) is 11.7. The van der Waals surface area contributed by atoms with Crippen molar-refractivity contribution in [3.05, 3.63) is 102 Å². The Kier molecular flexibility index (Phi) is 7.46. The molecule has 3 aromatic rings. The number of oxime groups is 1. The van der Waals surface area contributed by atoms with Crippen molar-refractivity contribution in [1.82, 2.24) is 0 Å². The van der Waals surface area contributed by atoms with Gasteiger partial charge in [-0.25, -0.2) is 9.59 Å². The average molecular weight is 447 g/mol. The molecule has 0 aromatic heterocycles. The van der Waals surface area contributed by atoms with Gasteiger partial charge in [0.2, 0.25) is 0 Å². The van der Waals surface area contributed by atoms with Crippen molar-refractivity contribution in [3.8, 4) is 0 Å². The number of nitrogens with one attached hydrogen (secondary N) is 1. The van der Waals surface area contributed by atoms with Crippen LogP contribution in [-0.4, -0.2) is 28.6 Å². The lowest BCUT2D eigenvalue weighted by Crippen LogP contribution is -2.27. The van der Waals surface area contributed by atoms with E-state index >= 15 is 0 Å². The molecule has 2 N–H and O–H groups in total. The van der Waals surface area contributed by atoms with E-state index in [0.29, 0.717) is 11.3 Å². The predicted octanol–water partition coefficient (Wildman–Crippen LogP) is 5.54. The van der Waals surface area contributed by atoms with E-state index in [1.54, 1.807) is 45.0 Å².